The van der Waals surface area contributed by atoms with E-state index in [1.165, 1.54) is 6.20 Å². The van der Waals surface area contributed by atoms with Crippen LogP contribution in [0.2, 0.25) is 0 Å². The van der Waals surface area contributed by atoms with Crippen molar-refractivity contribution in [2.45, 2.75) is 6.92 Å². The van der Waals surface area contributed by atoms with Crippen molar-refractivity contribution < 1.29 is 14.7 Å². The summed E-state index contributed by atoms with van der Waals surface area (Å²) in [4.78, 5) is 11.1. The van der Waals surface area contributed by atoms with E-state index in [4.69, 9.17) is 5.21 Å². The van der Waals surface area contributed by atoms with Crippen LogP contribution in [0.5, 0.6) is 0 Å². The van der Waals surface area contributed by atoms with E-state index in [9.17, 15) is 4.79 Å². The van der Waals surface area contributed by atoms with Crippen molar-refractivity contribution in [2.75, 3.05) is 6.61 Å². The molecule has 0 saturated carbocycles. The highest BCUT2D eigenvalue weighted by Gasteiger charge is 2.18. The lowest BCUT2D eigenvalue weighted by Crippen LogP contribution is -2.19. The van der Waals surface area contributed by atoms with Crippen LogP contribution in [0.25, 0.3) is 0 Å². The molecule has 0 fully saturated rings. The van der Waals surface area contributed by atoms with Gasteiger partial charge >= 0.3 is 5.97 Å². The second-order valence-corrected chi connectivity index (χ2v) is 2.52. The molecular weight excluding hydrogens is 194 g/mol. The highest BCUT2D eigenvalue weighted by molar-refractivity contribution is 6.99. The minimum atomic E-state index is -0.710. The molecule has 1 aromatic rings. The molecule has 0 unspecified atom stereocenters. The van der Waals surface area contributed by atoms with Crippen LogP contribution < -0.4 is 0 Å². The van der Waals surface area contributed by atoms with Crippen LogP contribution in [0.15, 0.2) is 11.4 Å². The van der Waals surface area contributed by atoms with Crippen LogP contribution in [0.4, 0.5) is 0 Å². The lowest BCUT2D eigenvalue weighted by molar-refractivity contribution is -0.135. The van der Waals surface area contributed by atoms with Gasteiger partial charge in [0.2, 0.25) is 5.71 Å². The van der Waals surface area contributed by atoms with Gasteiger partial charge in [-0.1, -0.05) is 5.16 Å². The molecule has 6 nitrogen and oxygen atoms in total. The normalized spacial score (nSPS) is 11.3. The molecule has 0 bridgehead atoms. The van der Waals surface area contributed by atoms with Crippen molar-refractivity contribution in [1.82, 2.24) is 8.75 Å². The molecule has 0 spiro atoms. The minimum absolute atomic E-state index is 0.214. The maximum Gasteiger partial charge on any atom is 0.362 e. The Morgan fingerprint density at radius 3 is 3.08 bits per heavy atom. The van der Waals surface area contributed by atoms with Gasteiger partial charge in [-0.15, -0.1) is 0 Å². The average molecular weight is 201 g/mol. The van der Waals surface area contributed by atoms with E-state index >= 15 is 0 Å². The topological polar surface area (TPSA) is 84.7 Å². The van der Waals surface area contributed by atoms with Crippen LogP contribution >= 0.6 is 11.7 Å². The standard InChI is InChI=1S/C6H7N3O3S/c1-2-12-6(10)5(8-11)4-3-7-13-9-4/h3,11H,2H2,1H3. The fraction of sp³-hybridized carbons (Fsp3) is 0.333. The molecule has 0 aliphatic carbocycles. The van der Waals surface area contributed by atoms with Crippen molar-refractivity contribution in [1.29, 1.82) is 0 Å². The fourth-order valence-electron chi connectivity index (χ4n) is 0.665. The maximum atomic E-state index is 11.1. The van der Waals surface area contributed by atoms with E-state index in [-0.39, 0.29) is 18.0 Å². The highest BCUT2D eigenvalue weighted by atomic mass is 32.1. The summed E-state index contributed by atoms with van der Waals surface area (Å²) in [6, 6.07) is 0. The van der Waals surface area contributed by atoms with Gasteiger partial charge in [0.15, 0.2) is 0 Å². The van der Waals surface area contributed by atoms with Crippen LogP contribution in [0.3, 0.4) is 0 Å². The van der Waals surface area contributed by atoms with Crippen molar-refractivity contribution in [3.8, 4) is 0 Å². The summed E-state index contributed by atoms with van der Waals surface area (Å²) in [5.74, 6) is -0.710. The molecular formula is C6H7N3O3S. The Hall–Kier alpha value is -1.50. The van der Waals surface area contributed by atoms with E-state index < -0.39 is 5.97 Å². The highest BCUT2D eigenvalue weighted by Crippen LogP contribution is 2.00. The smallest absolute Gasteiger partial charge is 0.362 e. The maximum absolute atomic E-state index is 11.1. The van der Waals surface area contributed by atoms with Gasteiger partial charge in [-0.2, -0.15) is 8.75 Å². The predicted octanol–water partition coefficient (Wildman–Crippen LogP) is 0.280. The van der Waals surface area contributed by atoms with Crippen molar-refractivity contribution in [3.05, 3.63) is 11.9 Å². The van der Waals surface area contributed by atoms with Crippen molar-refractivity contribution in [2.24, 2.45) is 5.16 Å². The summed E-state index contributed by atoms with van der Waals surface area (Å²) in [6.45, 7) is 1.88. The quantitative estimate of drug-likeness (QED) is 0.328. The van der Waals surface area contributed by atoms with Crippen molar-refractivity contribution in [3.63, 3.8) is 0 Å². The van der Waals surface area contributed by atoms with Gasteiger partial charge in [-0.3, -0.25) is 0 Å². The SMILES string of the molecule is CCOC(=O)C(=NO)c1cnsn1. The number of nitrogens with zero attached hydrogens (tertiary/aromatic N) is 3. The Balaban J connectivity index is 2.82. The fourth-order valence-corrected chi connectivity index (χ4v) is 1.08. The lowest BCUT2D eigenvalue weighted by Gasteiger charge is -1.99. The van der Waals surface area contributed by atoms with Crippen molar-refractivity contribution >= 4 is 23.4 Å². The molecule has 0 saturated heterocycles. The Morgan fingerprint density at radius 1 is 1.85 bits per heavy atom. The van der Waals surface area contributed by atoms with Crippen LogP contribution in [-0.4, -0.2) is 32.2 Å². The Kier molecular flexibility index (Phi) is 3.32. The average Bonchev–Trinajstić information content (AvgIpc) is 2.59. The molecule has 0 radical (unpaired) electrons. The van der Waals surface area contributed by atoms with Gasteiger partial charge < -0.3 is 9.94 Å². The molecule has 13 heavy (non-hydrogen) atoms. The van der Waals surface area contributed by atoms with Gasteiger partial charge in [0.05, 0.1) is 24.5 Å². The number of hydrogen-bond donors (Lipinski definition) is 1. The molecule has 1 rings (SSSR count). The van der Waals surface area contributed by atoms with Gasteiger partial charge in [0.1, 0.15) is 5.69 Å². The summed E-state index contributed by atoms with van der Waals surface area (Å²) in [5.41, 5.74) is -0.0125. The Labute approximate surface area is 78.2 Å². The van der Waals surface area contributed by atoms with E-state index in [1.807, 2.05) is 0 Å². The van der Waals surface area contributed by atoms with Crippen LogP contribution in [0.1, 0.15) is 12.6 Å². The summed E-state index contributed by atoms with van der Waals surface area (Å²) >= 11 is 0.919. The molecule has 1 N–H and O–H groups in total. The molecule has 7 heteroatoms. The number of carbonyl (C=O) groups is 1. The molecule has 1 heterocycles. The van der Waals surface area contributed by atoms with Crippen LogP contribution in [-0.2, 0) is 9.53 Å². The largest absolute Gasteiger partial charge is 0.461 e. The van der Waals surface area contributed by atoms with Gasteiger partial charge in [0, 0.05) is 0 Å². The lowest BCUT2D eigenvalue weighted by atomic mass is 10.3. The molecule has 0 aromatic carbocycles. The zero-order valence-corrected chi connectivity index (χ0v) is 7.61. The summed E-state index contributed by atoms with van der Waals surface area (Å²) in [7, 11) is 0. The summed E-state index contributed by atoms with van der Waals surface area (Å²) < 4.78 is 12.0. The predicted molar refractivity (Wildman–Crippen MR) is 44.9 cm³/mol. The molecule has 0 amide bonds. The first-order chi connectivity index (χ1) is 6.29. The molecule has 0 atom stereocenters. The zero-order valence-electron chi connectivity index (χ0n) is 6.80. The number of aromatic nitrogens is 2. The van der Waals surface area contributed by atoms with Gasteiger partial charge in [-0.25, -0.2) is 4.79 Å². The molecule has 0 aliphatic rings. The zero-order chi connectivity index (χ0) is 9.68. The molecule has 1 aromatic heterocycles. The number of hydrogen-bond acceptors (Lipinski definition) is 7. The van der Waals surface area contributed by atoms with Crippen LogP contribution in [0, 0.1) is 0 Å². The Morgan fingerprint density at radius 2 is 2.62 bits per heavy atom. The molecule has 70 valence electrons. The summed E-state index contributed by atoms with van der Waals surface area (Å²) in [6.07, 6.45) is 1.33. The number of ether oxygens (including phenoxy) is 1. The summed E-state index contributed by atoms with van der Waals surface area (Å²) in [5, 5.41) is 11.3. The van der Waals surface area contributed by atoms with Gasteiger partial charge in [-0.05, 0) is 6.92 Å². The molecule has 0 aliphatic heterocycles. The Bertz CT molecular complexity index is 309. The van der Waals surface area contributed by atoms with E-state index in [0.717, 1.165) is 11.7 Å². The third-order valence-electron chi connectivity index (χ3n) is 1.17. The monoisotopic (exact) mass is 201 g/mol. The third kappa shape index (κ3) is 2.22. The van der Waals surface area contributed by atoms with E-state index in [2.05, 4.69) is 18.6 Å². The third-order valence-corrected chi connectivity index (χ3v) is 1.65. The number of carbonyl (C=O) groups excluding carboxylic acids is 1. The first kappa shape index (κ1) is 9.59. The number of rotatable bonds is 3. The second kappa shape index (κ2) is 4.51. The number of esters is 1. The van der Waals surface area contributed by atoms with E-state index in [0.29, 0.717) is 0 Å². The van der Waals surface area contributed by atoms with E-state index in [1.54, 1.807) is 6.92 Å². The first-order valence-corrected chi connectivity index (χ1v) is 4.19. The van der Waals surface area contributed by atoms with Gasteiger partial charge in [0.25, 0.3) is 0 Å². The second-order valence-electron chi connectivity index (χ2n) is 1.96. The number of oxime groups is 1. The minimum Gasteiger partial charge on any atom is -0.461 e. The first-order valence-electron chi connectivity index (χ1n) is 3.46.